The first kappa shape index (κ1) is 17.7. The Kier molecular flexibility index (Phi) is 5.99. The second-order valence-corrected chi connectivity index (χ2v) is 6.26. The van der Waals surface area contributed by atoms with Gasteiger partial charge in [0.25, 0.3) is 5.91 Å². The van der Waals surface area contributed by atoms with E-state index in [2.05, 4.69) is 33.8 Å². The van der Waals surface area contributed by atoms with E-state index in [1.54, 1.807) is 18.3 Å². The van der Waals surface area contributed by atoms with Crippen LogP contribution in [-0.2, 0) is 13.0 Å². The molecule has 0 saturated carbocycles. The maximum atomic E-state index is 12.4. The number of anilines is 1. The summed E-state index contributed by atoms with van der Waals surface area (Å²) >= 11 is 0. The molecule has 0 radical (unpaired) electrons. The van der Waals surface area contributed by atoms with Gasteiger partial charge in [-0.25, -0.2) is 4.98 Å². The van der Waals surface area contributed by atoms with Crippen LogP contribution in [0.4, 0.5) is 5.82 Å². The number of aryl methyl sites for hydroxylation is 1. The number of amides is 1. The maximum absolute atomic E-state index is 12.4. The van der Waals surface area contributed by atoms with Crippen molar-refractivity contribution in [3.05, 3.63) is 95.2 Å². The number of nitrogens with one attached hydrogen (secondary N) is 2. The fourth-order valence-corrected chi connectivity index (χ4v) is 2.75. The summed E-state index contributed by atoms with van der Waals surface area (Å²) in [5, 5.41) is 6.24. The van der Waals surface area contributed by atoms with Gasteiger partial charge in [0.15, 0.2) is 0 Å². The van der Waals surface area contributed by atoms with Crippen LogP contribution in [0.25, 0.3) is 0 Å². The molecule has 0 aliphatic carbocycles. The minimum Gasteiger partial charge on any atom is -0.370 e. The molecule has 0 unspecified atom stereocenters. The van der Waals surface area contributed by atoms with Crippen LogP contribution in [0.3, 0.4) is 0 Å². The van der Waals surface area contributed by atoms with E-state index < -0.39 is 0 Å². The SMILES string of the molecule is Cc1cccc(CNC(=O)c2ccnc(NCCc3ccccc3)c2)c1. The van der Waals surface area contributed by atoms with Gasteiger partial charge in [-0.2, -0.15) is 0 Å². The molecule has 2 N–H and O–H groups in total. The number of carbonyl (C=O) groups excluding carboxylic acids is 1. The first-order valence-electron chi connectivity index (χ1n) is 8.78. The molecule has 1 amide bonds. The third-order valence-electron chi connectivity index (χ3n) is 4.12. The summed E-state index contributed by atoms with van der Waals surface area (Å²) in [6.45, 7) is 3.33. The normalized spacial score (nSPS) is 10.3. The van der Waals surface area contributed by atoms with Gasteiger partial charge < -0.3 is 10.6 Å². The largest absolute Gasteiger partial charge is 0.370 e. The third kappa shape index (κ3) is 5.18. The first-order chi connectivity index (χ1) is 12.7. The van der Waals surface area contributed by atoms with Gasteiger partial charge in [-0.05, 0) is 36.6 Å². The van der Waals surface area contributed by atoms with Crippen molar-refractivity contribution in [3.63, 3.8) is 0 Å². The van der Waals surface area contributed by atoms with Crippen molar-refractivity contribution in [2.75, 3.05) is 11.9 Å². The van der Waals surface area contributed by atoms with E-state index in [9.17, 15) is 4.79 Å². The highest BCUT2D eigenvalue weighted by Crippen LogP contribution is 2.09. The van der Waals surface area contributed by atoms with Crippen LogP contribution in [0.5, 0.6) is 0 Å². The molecule has 1 aromatic heterocycles. The zero-order chi connectivity index (χ0) is 18.2. The first-order valence-corrected chi connectivity index (χ1v) is 8.78. The van der Waals surface area contributed by atoms with Crippen LogP contribution in [0.1, 0.15) is 27.0 Å². The molecule has 4 nitrogen and oxygen atoms in total. The summed E-state index contributed by atoms with van der Waals surface area (Å²) in [5.41, 5.74) is 4.15. The van der Waals surface area contributed by atoms with E-state index in [1.807, 2.05) is 43.3 Å². The monoisotopic (exact) mass is 345 g/mol. The number of hydrogen-bond donors (Lipinski definition) is 2. The Labute approximate surface area is 154 Å². The highest BCUT2D eigenvalue weighted by Gasteiger charge is 2.07. The number of carbonyl (C=O) groups is 1. The topological polar surface area (TPSA) is 54.0 Å². The Balaban J connectivity index is 1.53. The predicted molar refractivity (Wildman–Crippen MR) is 105 cm³/mol. The van der Waals surface area contributed by atoms with E-state index in [4.69, 9.17) is 0 Å². The molecule has 0 bridgehead atoms. The average Bonchev–Trinajstić information content (AvgIpc) is 2.67. The molecule has 4 heteroatoms. The second kappa shape index (κ2) is 8.81. The molecule has 3 aromatic rings. The van der Waals surface area contributed by atoms with Gasteiger partial charge in [0.2, 0.25) is 0 Å². The van der Waals surface area contributed by atoms with Gasteiger partial charge in [-0.15, -0.1) is 0 Å². The Morgan fingerprint density at radius 3 is 2.58 bits per heavy atom. The molecule has 0 aliphatic rings. The van der Waals surface area contributed by atoms with E-state index in [-0.39, 0.29) is 5.91 Å². The summed E-state index contributed by atoms with van der Waals surface area (Å²) in [6.07, 6.45) is 2.57. The Morgan fingerprint density at radius 1 is 0.962 bits per heavy atom. The van der Waals surface area contributed by atoms with Crippen LogP contribution in [0, 0.1) is 6.92 Å². The van der Waals surface area contributed by atoms with E-state index in [1.165, 1.54) is 11.1 Å². The molecular weight excluding hydrogens is 322 g/mol. The Hall–Kier alpha value is -3.14. The van der Waals surface area contributed by atoms with Gasteiger partial charge >= 0.3 is 0 Å². The summed E-state index contributed by atoms with van der Waals surface area (Å²) in [7, 11) is 0. The molecule has 1 heterocycles. The number of hydrogen-bond acceptors (Lipinski definition) is 3. The van der Waals surface area contributed by atoms with Crippen LogP contribution in [-0.4, -0.2) is 17.4 Å². The summed E-state index contributed by atoms with van der Waals surface area (Å²) in [4.78, 5) is 16.7. The van der Waals surface area contributed by atoms with Crippen molar-refractivity contribution in [1.82, 2.24) is 10.3 Å². The zero-order valence-electron chi connectivity index (χ0n) is 14.9. The van der Waals surface area contributed by atoms with Gasteiger partial charge in [-0.3, -0.25) is 4.79 Å². The predicted octanol–water partition coefficient (Wildman–Crippen LogP) is 3.97. The molecule has 0 saturated heterocycles. The molecule has 0 spiro atoms. The number of rotatable bonds is 7. The number of nitrogens with zero attached hydrogens (tertiary/aromatic N) is 1. The zero-order valence-corrected chi connectivity index (χ0v) is 14.9. The molecule has 2 aromatic carbocycles. The van der Waals surface area contributed by atoms with E-state index in [0.29, 0.717) is 17.9 Å². The summed E-state index contributed by atoms with van der Waals surface area (Å²) < 4.78 is 0. The van der Waals surface area contributed by atoms with Gasteiger partial charge in [0, 0.05) is 24.8 Å². The minimum absolute atomic E-state index is 0.0972. The highest BCUT2D eigenvalue weighted by atomic mass is 16.1. The van der Waals surface area contributed by atoms with Gasteiger partial charge in [0.05, 0.1) is 0 Å². The molecule has 0 atom stereocenters. The lowest BCUT2D eigenvalue weighted by Crippen LogP contribution is -2.23. The summed E-state index contributed by atoms with van der Waals surface area (Å²) in [6, 6.07) is 21.9. The third-order valence-corrected chi connectivity index (χ3v) is 4.12. The van der Waals surface area contributed by atoms with E-state index >= 15 is 0 Å². The van der Waals surface area contributed by atoms with Crippen LogP contribution < -0.4 is 10.6 Å². The molecule has 0 aliphatic heterocycles. The Morgan fingerprint density at radius 2 is 1.77 bits per heavy atom. The Bertz CT molecular complexity index is 862. The van der Waals surface area contributed by atoms with Crippen molar-refractivity contribution in [2.45, 2.75) is 19.9 Å². The lowest BCUT2D eigenvalue weighted by Gasteiger charge is -2.09. The molecule has 26 heavy (non-hydrogen) atoms. The van der Waals surface area contributed by atoms with Crippen LogP contribution >= 0.6 is 0 Å². The lowest BCUT2D eigenvalue weighted by atomic mass is 10.1. The van der Waals surface area contributed by atoms with Crippen molar-refractivity contribution in [2.24, 2.45) is 0 Å². The highest BCUT2D eigenvalue weighted by molar-refractivity contribution is 5.94. The second-order valence-electron chi connectivity index (χ2n) is 6.26. The molecule has 0 fully saturated rings. The lowest BCUT2D eigenvalue weighted by molar-refractivity contribution is 0.0951. The molecule has 3 rings (SSSR count). The maximum Gasteiger partial charge on any atom is 0.251 e. The standard InChI is InChI=1S/C22H23N3O/c1-17-6-5-9-19(14-17)16-25-22(26)20-11-13-24-21(15-20)23-12-10-18-7-3-2-4-8-18/h2-9,11,13-15H,10,12,16H2,1H3,(H,23,24)(H,25,26). The van der Waals surface area contributed by atoms with Crippen LogP contribution in [0.2, 0.25) is 0 Å². The van der Waals surface area contributed by atoms with Crippen molar-refractivity contribution in [1.29, 1.82) is 0 Å². The fraction of sp³-hybridized carbons (Fsp3) is 0.182. The molecular formula is C22H23N3O. The number of benzene rings is 2. The molecule has 132 valence electrons. The average molecular weight is 345 g/mol. The van der Waals surface area contributed by atoms with Crippen molar-refractivity contribution in [3.8, 4) is 0 Å². The quantitative estimate of drug-likeness (QED) is 0.681. The van der Waals surface area contributed by atoms with Gasteiger partial charge in [-0.1, -0.05) is 60.2 Å². The smallest absolute Gasteiger partial charge is 0.251 e. The van der Waals surface area contributed by atoms with Crippen molar-refractivity contribution < 1.29 is 4.79 Å². The number of pyridine rings is 1. The van der Waals surface area contributed by atoms with Crippen molar-refractivity contribution >= 4 is 11.7 Å². The number of aromatic nitrogens is 1. The van der Waals surface area contributed by atoms with E-state index in [0.717, 1.165) is 18.5 Å². The van der Waals surface area contributed by atoms with Gasteiger partial charge in [0.1, 0.15) is 5.82 Å². The minimum atomic E-state index is -0.0972. The van der Waals surface area contributed by atoms with Crippen LogP contribution in [0.15, 0.2) is 72.9 Å². The summed E-state index contributed by atoms with van der Waals surface area (Å²) in [5.74, 6) is 0.615. The fourth-order valence-electron chi connectivity index (χ4n) is 2.75.